The van der Waals surface area contributed by atoms with Crippen LogP contribution in [0.3, 0.4) is 0 Å². The molecule has 1 aliphatic rings. The third kappa shape index (κ3) is 2.38. The van der Waals surface area contributed by atoms with E-state index in [1.165, 1.54) is 0 Å². The highest BCUT2D eigenvalue weighted by Crippen LogP contribution is 2.31. The SMILES string of the molecule is CN(c1ccncc1)c1ccc2oc(C3(C)NC(=O)NC3=O)cc2n1. The minimum absolute atomic E-state index is 0.335. The maximum atomic E-state index is 12.1. The van der Waals surface area contributed by atoms with Crippen LogP contribution in [0.5, 0.6) is 0 Å². The topological polar surface area (TPSA) is 100 Å². The molecule has 1 unspecified atom stereocenters. The Morgan fingerprint density at radius 2 is 1.92 bits per heavy atom. The summed E-state index contributed by atoms with van der Waals surface area (Å²) in [5.74, 6) is 0.601. The molecule has 3 aromatic heterocycles. The molecule has 0 aliphatic carbocycles. The van der Waals surface area contributed by atoms with Gasteiger partial charge in [-0.05, 0) is 31.2 Å². The van der Waals surface area contributed by atoms with Gasteiger partial charge in [-0.2, -0.15) is 0 Å². The lowest BCUT2D eigenvalue weighted by atomic mass is 10.00. The van der Waals surface area contributed by atoms with Gasteiger partial charge in [0.15, 0.2) is 11.1 Å². The number of nitrogens with one attached hydrogen (secondary N) is 2. The number of pyridine rings is 2. The summed E-state index contributed by atoms with van der Waals surface area (Å²) in [4.78, 5) is 34.0. The van der Waals surface area contributed by atoms with Gasteiger partial charge in [-0.15, -0.1) is 0 Å². The van der Waals surface area contributed by atoms with Crippen molar-refractivity contribution in [2.75, 3.05) is 11.9 Å². The van der Waals surface area contributed by atoms with Crippen LogP contribution in [-0.2, 0) is 10.3 Å². The van der Waals surface area contributed by atoms with E-state index in [1.54, 1.807) is 31.5 Å². The van der Waals surface area contributed by atoms with Gasteiger partial charge in [0.05, 0.1) is 0 Å². The van der Waals surface area contributed by atoms with E-state index in [4.69, 9.17) is 4.42 Å². The standard InChI is InChI=1S/C17H15N5O3/c1-17(15(23)20-16(24)21-17)13-9-11-12(25-13)3-4-14(19-11)22(2)10-5-7-18-8-6-10/h3-9H,1-2H3,(H2,20,21,23,24). The maximum absolute atomic E-state index is 12.1. The minimum atomic E-state index is -1.24. The molecule has 1 fully saturated rings. The summed E-state index contributed by atoms with van der Waals surface area (Å²) >= 11 is 0. The highest BCUT2D eigenvalue weighted by Gasteiger charge is 2.46. The normalized spacial score (nSPS) is 19.8. The number of hydrogen-bond donors (Lipinski definition) is 2. The molecule has 0 spiro atoms. The van der Waals surface area contributed by atoms with Crippen molar-refractivity contribution in [3.8, 4) is 0 Å². The van der Waals surface area contributed by atoms with Crippen molar-refractivity contribution >= 4 is 34.5 Å². The van der Waals surface area contributed by atoms with Crippen LogP contribution >= 0.6 is 0 Å². The lowest BCUT2D eigenvalue weighted by Crippen LogP contribution is -2.40. The van der Waals surface area contributed by atoms with Crippen molar-refractivity contribution in [1.82, 2.24) is 20.6 Å². The first-order valence-electron chi connectivity index (χ1n) is 7.66. The zero-order valence-corrected chi connectivity index (χ0v) is 13.6. The fraction of sp³-hybridized carbons (Fsp3) is 0.176. The van der Waals surface area contributed by atoms with Crippen molar-refractivity contribution in [3.63, 3.8) is 0 Å². The number of aromatic nitrogens is 2. The number of rotatable bonds is 3. The molecule has 0 aromatic carbocycles. The molecule has 3 aromatic rings. The number of anilines is 2. The average molecular weight is 337 g/mol. The van der Waals surface area contributed by atoms with E-state index in [2.05, 4.69) is 20.6 Å². The summed E-state index contributed by atoms with van der Waals surface area (Å²) in [6.07, 6.45) is 3.42. The zero-order chi connectivity index (χ0) is 17.6. The molecule has 3 amide bonds. The van der Waals surface area contributed by atoms with Gasteiger partial charge in [0.1, 0.15) is 17.1 Å². The zero-order valence-electron chi connectivity index (χ0n) is 13.6. The monoisotopic (exact) mass is 337 g/mol. The molecule has 0 saturated carbocycles. The van der Waals surface area contributed by atoms with Crippen molar-refractivity contribution in [2.45, 2.75) is 12.5 Å². The molecule has 2 N–H and O–H groups in total. The second-order valence-corrected chi connectivity index (χ2v) is 5.96. The van der Waals surface area contributed by atoms with Gasteiger partial charge >= 0.3 is 6.03 Å². The molecule has 4 rings (SSSR count). The highest BCUT2D eigenvalue weighted by atomic mass is 16.3. The van der Waals surface area contributed by atoms with Gasteiger partial charge in [-0.1, -0.05) is 0 Å². The van der Waals surface area contributed by atoms with Crippen LogP contribution in [0, 0.1) is 0 Å². The molecule has 25 heavy (non-hydrogen) atoms. The van der Waals surface area contributed by atoms with E-state index in [0.29, 0.717) is 16.9 Å². The van der Waals surface area contributed by atoms with E-state index in [0.717, 1.165) is 11.5 Å². The lowest BCUT2D eigenvalue weighted by molar-refractivity contribution is -0.124. The van der Waals surface area contributed by atoms with Crippen LogP contribution in [-0.4, -0.2) is 29.0 Å². The number of carbonyl (C=O) groups excluding carboxylic acids is 2. The highest BCUT2D eigenvalue weighted by molar-refractivity contribution is 6.07. The summed E-state index contributed by atoms with van der Waals surface area (Å²) in [6.45, 7) is 1.59. The maximum Gasteiger partial charge on any atom is 0.322 e. The fourth-order valence-electron chi connectivity index (χ4n) is 2.76. The van der Waals surface area contributed by atoms with Crippen molar-refractivity contribution < 1.29 is 14.0 Å². The molecule has 0 bridgehead atoms. The van der Waals surface area contributed by atoms with Crippen molar-refractivity contribution in [2.24, 2.45) is 0 Å². The summed E-state index contributed by atoms with van der Waals surface area (Å²) in [5, 5.41) is 4.80. The van der Waals surface area contributed by atoms with Gasteiger partial charge in [0.2, 0.25) is 0 Å². The first-order valence-corrected chi connectivity index (χ1v) is 7.66. The Balaban J connectivity index is 1.73. The van der Waals surface area contributed by atoms with Crippen LogP contribution in [0.25, 0.3) is 11.1 Å². The second kappa shape index (κ2) is 5.30. The Morgan fingerprint density at radius 3 is 2.60 bits per heavy atom. The number of furan rings is 1. The molecule has 8 nitrogen and oxygen atoms in total. The van der Waals surface area contributed by atoms with Crippen LogP contribution in [0.15, 0.2) is 47.1 Å². The molecular weight excluding hydrogens is 322 g/mol. The first-order chi connectivity index (χ1) is 12.0. The number of amides is 3. The average Bonchev–Trinajstić information content (AvgIpc) is 3.15. The summed E-state index contributed by atoms with van der Waals surface area (Å²) in [7, 11) is 1.90. The number of carbonyl (C=O) groups is 2. The molecular formula is C17H15N5O3. The Kier molecular flexibility index (Phi) is 3.21. The number of nitrogens with zero attached hydrogens (tertiary/aromatic N) is 3. The van der Waals surface area contributed by atoms with Crippen LogP contribution in [0.1, 0.15) is 12.7 Å². The lowest BCUT2D eigenvalue weighted by Gasteiger charge is -2.17. The third-order valence-corrected chi connectivity index (χ3v) is 4.29. The van der Waals surface area contributed by atoms with Gasteiger partial charge in [-0.3, -0.25) is 15.1 Å². The molecule has 1 aliphatic heterocycles. The first kappa shape index (κ1) is 15.1. The molecule has 8 heteroatoms. The number of urea groups is 1. The number of imide groups is 1. The third-order valence-electron chi connectivity index (χ3n) is 4.29. The minimum Gasteiger partial charge on any atom is -0.456 e. The van der Waals surface area contributed by atoms with E-state index >= 15 is 0 Å². The molecule has 1 saturated heterocycles. The fourth-order valence-corrected chi connectivity index (χ4v) is 2.76. The molecule has 0 radical (unpaired) electrons. The Morgan fingerprint density at radius 1 is 1.16 bits per heavy atom. The molecule has 126 valence electrons. The van der Waals surface area contributed by atoms with Crippen LogP contribution in [0.2, 0.25) is 0 Å². The number of fused-ring (bicyclic) bond motifs is 1. The van der Waals surface area contributed by atoms with Gasteiger partial charge in [-0.25, -0.2) is 9.78 Å². The Bertz CT molecular complexity index is 984. The molecule has 4 heterocycles. The second-order valence-electron chi connectivity index (χ2n) is 5.96. The molecule has 1 atom stereocenters. The van der Waals surface area contributed by atoms with Gasteiger partial charge < -0.3 is 14.6 Å². The van der Waals surface area contributed by atoms with Crippen molar-refractivity contribution in [3.05, 3.63) is 48.5 Å². The van der Waals surface area contributed by atoms with E-state index in [-0.39, 0.29) is 0 Å². The van der Waals surface area contributed by atoms with E-state index in [1.807, 2.05) is 30.1 Å². The van der Waals surface area contributed by atoms with Gasteiger partial charge in [0.25, 0.3) is 5.91 Å². The smallest absolute Gasteiger partial charge is 0.322 e. The Labute approximate surface area is 142 Å². The predicted molar refractivity (Wildman–Crippen MR) is 90.3 cm³/mol. The van der Waals surface area contributed by atoms with E-state index in [9.17, 15) is 9.59 Å². The largest absolute Gasteiger partial charge is 0.456 e. The quantitative estimate of drug-likeness (QED) is 0.710. The van der Waals surface area contributed by atoms with Gasteiger partial charge in [0, 0.05) is 31.2 Å². The van der Waals surface area contributed by atoms with Crippen molar-refractivity contribution in [1.29, 1.82) is 0 Å². The summed E-state index contributed by atoms with van der Waals surface area (Å²) < 4.78 is 5.75. The number of hydrogen-bond acceptors (Lipinski definition) is 6. The Hall–Kier alpha value is -3.42. The summed E-state index contributed by atoms with van der Waals surface area (Å²) in [5.41, 5.74) is 0.843. The van der Waals surface area contributed by atoms with Crippen LogP contribution in [0.4, 0.5) is 16.3 Å². The van der Waals surface area contributed by atoms with E-state index < -0.39 is 17.5 Å². The van der Waals surface area contributed by atoms with Crippen LogP contribution < -0.4 is 15.5 Å². The summed E-state index contributed by atoms with van der Waals surface area (Å²) in [6, 6.07) is 8.50. The predicted octanol–water partition coefficient (Wildman–Crippen LogP) is 2.05.